The van der Waals surface area contributed by atoms with E-state index in [4.69, 9.17) is 0 Å². The van der Waals surface area contributed by atoms with Crippen LogP contribution < -0.4 is 5.32 Å². The Labute approximate surface area is 140 Å². The predicted octanol–water partition coefficient (Wildman–Crippen LogP) is 1.60. The first kappa shape index (κ1) is 16.2. The van der Waals surface area contributed by atoms with Gasteiger partial charge in [-0.3, -0.25) is 4.79 Å². The Morgan fingerprint density at radius 2 is 1.92 bits per heavy atom. The molecule has 0 unspecified atom stereocenters. The molecule has 0 saturated carbocycles. The molecule has 0 fully saturated rings. The van der Waals surface area contributed by atoms with Crippen LogP contribution in [0, 0.1) is 0 Å². The average molecular weight is 343 g/mol. The Hall–Kier alpha value is -2.67. The Morgan fingerprint density at radius 1 is 1.17 bits per heavy atom. The highest BCUT2D eigenvalue weighted by Crippen LogP contribution is 2.12. The number of aromatic nitrogens is 2. The third-order valence-corrected chi connectivity index (χ3v) is 4.83. The molecule has 124 valence electrons. The molecule has 7 heteroatoms. The molecule has 3 rings (SSSR count). The smallest absolute Gasteiger partial charge is 0.224 e. The summed E-state index contributed by atoms with van der Waals surface area (Å²) in [6.45, 7) is 0.397. The van der Waals surface area contributed by atoms with Gasteiger partial charge in [0.05, 0.1) is 23.0 Å². The van der Waals surface area contributed by atoms with Crippen LogP contribution in [0.5, 0.6) is 0 Å². The number of benzene rings is 1. The van der Waals surface area contributed by atoms with E-state index in [2.05, 4.69) is 10.4 Å². The molecule has 3 aromatic rings. The summed E-state index contributed by atoms with van der Waals surface area (Å²) in [4.78, 5) is 12.3. The molecule has 0 aliphatic heterocycles. The number of sulfone groups is 1. The summed E-state index contributed by atoms with van der Waals surface area (Å²) in [6, 6.07) is 12.1. The largest absolute Gasteiger partial charge is 0.352 e. The number of carbonyl (C=O) groups is 1. The SMILES string of the molecule is CS(=O)(=O)c1ccc(CC(=O)NCc2cnn3ccccc23)cc1. The van der Waals surface area contributed by atoms with Crippen molar-refractivity contribution in [3.05, 3.63) is 66.0 Å². The second-order valence-corrected chi connectivity index (χ2v) is 7.59. The van der Waals surface area contributed by atoms with Crippen molar-refractivity contribution in [2.45, 2.75) is 17.9 Å². The first-order valence-electron chi connectivity index (χ1n) is 7.40. The Balaban J connectivity index is 1.62. The maximum atomic E-state index is 12.1. The van der Waals surface area contributed by atoms with Crippen LogP contribution in [0.1, 0.15) is 11.1 Å². The van der Waals surface area contributed by atoms with Gasteiger partial charge in [0.15, 0.2) is 9.84 Å². The molecule has 1 amide bonds. The van der Waals surface area contributed by atoms with Crippen molar-refractivity contribution in [3.8, 4) is 0 Å². The number of nitrogens with one attached hydrogen (secondary N) is 1. The monoisotopic (exact) mass is 343 g/mol. The molecule has 2 aromatic heterocycles. The highest BCUT2D eigenvalue weighted by atomic mass is 32.2. The molecule has 6 nitrogen and oxygen atoms in total. The normalized spacial score (nSPS) is 11.5. The average Bonchev–Trinajstić information content (AvgIpc) is 2.96. The lowest BCUT2D eigenvalue weighted by molar-refractivity contribution is -0.120. The van der Waals surface area contributed by atoms with E-state index in [1.807, 2.05) is 24.4 Å². The van der Waals surface area contributed by atoms with Gasteiger partial charge in [-0.25, -0.2) is 12.9 Å². The number of hydrogen-bond donors (Lipinski definition) is 1. The summed E-state index contributed by atoms with van der Waals surface area (Å²) >= 11 is 0. The number of nitrogens with zero attached hydrogens (tertiary/aromatic N) is 2. The van der Waals surface area contributed by atoms with Crippen molar-refractivity contribution in [2.24, 2.45) is 0 Å². The van der Waals surface area contributed by atoms with Gasteiger partial charge >= 0.3 is 0 Å². The Morgan fingerprint density at radius 3 is 2.62 bits per heavy atom. The van der Waals surface area contributed by atoms with E-state index in [9.17, 15) is 13.2 Å². The molecule has 24 heavy (non-hydrogen) atoms. The number of carbonyl (C=O) groups excluding carboxylic acids is 1. The van der Waals surface area contributed by atoms with Gasteiger partial charge in [-0.15, -0.1) is 0 Å². The van der Waals surface area contributed by atoms with Crippen molar-refractivity contribution >= 4 is 21.3 Å². The van der Waals surface area contributed by atoms with Gasteiger partial charge in [-0.05, 0) is 29.8 Å². The van der Waals surface area contributed by atoms with E-state index in [0.29, 0.717) is 6.54 Å². The lowest BCUT2D eigenvalue weighted by atomic mass is 10.1. The Bertz CT molecular complexity index is 976. The van der Waals surface area contributed by atoms with E-state index < -0.39 is 9.84 Å². The Kier molecular flexibility index (Phi) is 4.35. The van der Waals surface area contributed by atoms with Gasteiger partial charge in [-0.1, -0.05) is 18.2 Å². The number of hydrogen-bond acceptors (Lipinski definition) is 4. The minimum Gasteiger partial charge on any atom is -0.352 e. The molecule has 0 aliphatic rings. The standard InChI is InChI=1S/C17H17N3O3S/c1-24(22,23)15-7-5-13(6-8-15)10-17(21)18-11-14-12-19-20-9-3-2-4-16(14)20/h2-9,12H,10-11H2,1H3,(H,18,21). The van der Waals surface area contributed by atoms with Crippen molar-refractivity contribution in [3.63, 3.8) is 0 Å². The zero-order valence-corrected chi connectivity index (χ0v) is 14.0. The van der Waals surface area contributed by atoms with Gasteiger partial charge in [-0.2, -0.15) is 5.10 Å². The van der Waals surface area contributed by atoms with Crippen LogP contribution in [0.3, 0.4) is 0 Å². The molecule has 2 heterocycles. The molecular formula is C17H17N3O3S. The van der Waals surface area contributed by atoms with Gasteiger partial charge in [0.1, 0.15) is 0 Å². The molecular weight excluding hydrogens is 326 g/mol. The third kappa shape index (κ3) is 3.62. The van der Waals surface area contributed by atoms with E-state index in [-0.39, 0.29) is 17.2 Å². The molecule has 0 atom stereocenters. The third-order valence-electron chi connectivity index (χ3n) is 3.70. The minimum atomic E-state index is -3.22. The molecule has 1 aromatic carbocycles. The van der Waals surface area contributed by atoms with Crippen molar-refractivity contribution in [2.75, 3.05) is 6.26 Å². The van der Waals surface area contributed by atoms with Crippen LogP contribution >= 0.6 is 0 Å². The molecule has 0 saturated heterocycles. The topological polar surface area (TPSA) is 80.5 Å². The van der Waals surface area contributed by atoms with Crippen LogP contribution in [0.15, 0.2) is 59.8 Å². The van der Waals surface area contributed by atoms with E-state index in [1.165, 1.54) is 12.1 Å². The van der Waals surface area contributed by atoms with Crippen molar-refractivity contribution in [1.82, 2.24) is 14.9 Å². The van der Waals surface area contributed by atoms with Gasteiger partial charge in [0.25, 0.3) is 0 Å². The summed E-state index contributed by atoms with van der Waals surface area (Å²) in [5, 5.41) is 7.08. The van der Waals surface area contributed by atoms with Crippen LogP contribution in [0.2, 0.25) is 0 Å². The molecule has 0 bridgehead atoms. The highest BCUT2D eigenvalue weighted by Gasteiger charge is 2.09. The summed E-state index contributed by atoms with van der Waals surface area (Å²) in [5.41, 5.74) is 2.66. The second-order valence-electron chi connectivity index (χ2n) is 5.57. The fourth-order valence-electron chi connectivity index (χ4n) is 2.42. The van der Waals surface area contributed by atoms with Gasteiger partial charge in [0, 0.05) is 24.6 Å². The molecule has 0 spiro atoms. The molecule has 1 N–H and O–H groups in total. The summed E-state index contributed by atoms with van der Waals surface area (Å²) in [7, 11) is -3.22. The predicted molar refractivity (Wildman–Crippen MR) is 90.3 cm³/mol. The van der Waals surface area contributed by atoms with Crippen molar-refractivity contribution in [1.29, 1.82) is 0 Å². The van der Waals surface area contributed by atoms with E-state index in [0.717, 1.165) is 22.9 Å². The van der Waals surface area contributed by atoms with Gasteiger partial charge < -0.3 is 5.32 Å². The summed E-state index contributed by atoms with van der Waals surface area (Å²) in [5.74, 6) is -0.127. The quantitative estimate of drug-likeness (QED) is 0.763. The van der Waals surface area contributed by atoms with Crippen LogP contribution in [0.4, 0.5) is 0 Å². The fourth-order valence-corrected chi connectivity index (χ4v) is 3.05. The number of pyridine rings is 1. The molecule has 0 radical (unpaired) electrons. The number of amides is 1. The van der Waals surface area contributed by atoms with E-state index in [1.54, 1.807) is 22.8 Å². The zero-order chi connectivity index (χ0) is 17.2. The summed E-state index contributed by atoms with van der Waals surface area (Å²) in [6.07, 6.45) is 4.94. The number of rotatable bonds is 5. The first-order chi connectivity index (χ1) is 11.4. The summed E-state index contributed by atoms with van der Waals surface area (Å²) < 4.78 is 24.6. The second kappa shape index (κ2) is 6.45. The van der Waals surface area contributed by atoms with Crippen LogP contribution in [-0.4, -0.2) is 30.2 Å². The van der Waals surface area contributed by atoms with Crippen molar-refractivity contribution < 1.29 is 13.2 Å². The minimum absolute atomic E-state index is 0.127. The van der Waals surface area contributed by atoms with Gasteiger partial charge in [0.2, 0.25) is 5.91 Å². The first-order valence-corrected chi connectivity index (χ1v) is 9.29. The van der Waals surface area contributed by atoms with E-state index >= 15 is 0 Å². The lowest BCUT2D eigenvalue weighted by Crippen LogP contribution is -2.24. The van der Waals surface area contributed by atoms with Crippen LogP contribution in [-0.2, 0) is 27.6 Å². The maximum absolute atomic E-state index is 12.1. The maximum Gasteiger partial charge on any atom is 0.224 e. The van der Waals surface area contributed by atoms with Crippen LogP contribution in [0.25, 0.3) is 5.52 Å². The fraction of sp³-hybridized carbons (Fsp3) is 0.176. The zero-order valence-electron chi connectivity index (χ0n) is 13.1. The molecule has 0 aliphatic carbocycles. The number of fused-ring (bicyclic) bond motifs is 1. The highest BCUT2D eigenvalue weighted by molar-refractivity contribution is 7.90. The lowest BCUT2D eigenvalue weighted by Gasteiger charge is -2.05.